The van der Waals surface area contributed by atoms with Gasteiger partial charge in [-0.3, -0.25) is 0 Å². The van der Waals surface area contributed by atoms with Gasteiger partial charge in [0, 0.05) is 10.8 Å². The average Bonchev–Trinajstić information content (AvgIpc) is 3.16. The van der Waals surface area contributed by atoms with Crippen LogP contribution in [0.2, 0.25) is 0 Å². The van der Waals surface area contributed by atoms with Crippen LogP contribution in [0.3, 0.4) is 0 Å². The molecule has 0 radical (unpaired) electrons. The third kappa shape index (κ3) is 9.29. The lowest BCUT2D eigenvalue weighted by molar-refractivity contribution is -0.0753. The van der Waals surface area contributed by atoms with E-state index in [0.717, 1.165) is 22.3 Å². The number of hydrogen-bond acceptors (Lipinski definition) is 3. The van der Waals surface area contributed by atoms with E-state index in [1.807, 2.05) is 76.2 Å². The van der Waals surface area contributed by atoms with Crippen LogP contribution in [-0.4, -0.2) is 12.2 Å². The maximum Gasteiger partial charge on any atom is 0.165 e. The molecule has 0 N–H and O–H groups in total. The first-order valence-corrected chi connectivity index (χ1v) is 18.4. The van der Waals surface area contributed by atoms with Crippen LogP contribution >= 0.6 is 0 Å². The molecule has 0 spiro atoms. The van der Waals surface area contributed by atoms with E-state index in [0.29, 0.717) is 35.5 Å². The summed E-state index contributed by atoms with van der Waals surface area (Å²) >= 11 is 0. The second-order valence-corrected chi connectivity index (χ2v) is 15.3. The zero-order chi connectivity index (χ0) is 39.3. The minimum absolute atomic E-state index is 0.0776. The SMILES string of the molecule is Cc1cc(C(C)(C)C(Cc2ccc(F)c(Oc3ccccc3)c2)OC(Cc2ccc(F)c(Oc3ccccc3)c2)C(C)(C)c2ccc(F)c(C)c2)ccc1F. The Bertz CT molecular complexity index is 2080. The molecule has 0 saturated heterocycles. The number of hydrogen-bond donors (Lipinski definition) is 0. The van der Waals surface area contributed by atoms with Crippen LogP contribution in [0.5, 0.6) is 23.0 Å². The van der Waals surface area contributed by atoms with E-state index < -0.39 is 34.7 Å². The number of benzene rings is 6. The van der Waals surface area contributed by atoms with Gasteiger partial charge in [0.1, 0.15) is 23.1 Å². The molecule has 6 aromatic rings. The van der Waals surface area contributed by atoms with Gasteiger partial charge < -0.3 is 14.2 Å². The van der Waals surface area contributed by atoms with Crippen molar-refractivity contribution < 1.29 is 31.8 Å². The lowest BCUT2D eigenvalue weighted by Crippen LogP contribution is -2.46. The molecule has 55 heavy (non-hydrogen) atoms. The quantitative estimate of drug-likeness (QED) is 0.104. The third-order valence-electron chi connectivity index (χ3n) is 10.5. The van der Waals surface area contributed by atoms with Gasteiger partial charge in [-0.05, 0) is 121 Å². The highest BCUT2D eigenvalue weighted by Gasteiger charge is 2.40. The molecule has 0 aliphatic heterocycles. The normalized spacial score (nSPS) is 13.0. The fourth-order valence-electron chi connectivity index (χ4n) is 6.77. The first-order valence-electron chi connectivity index (χ1n) is 18.4. The standard InChI is InChI=1S/C48H46F4O3/c1-31-25-35(19-23-39(31)49)47(3,4)45(29-33-17-21-41(51)43(27-33)53-37-13-9-7-10-14-37)55-46(48(5,6)36-20-24-40(50)32(2)26-36)30-34-18-22-42(52)44(28-34)54-38-15-11-8-12-16-38/h7-28,45-46H,29-30H2,1-6H3. The van der Waals surface area contributed by atoms with Crippen molar-refractivity contribution in [3.8, 4) is 23.0 Å². The van der Waals surface area contributed by atoms with Crippen LogP contribution in [0.15, 0.2) is 133 Å². The van der Waals surface area contributed by atoms with Gasteiger partial charge in [-0.1, -0.05) is 100 Å². The maximum absolute atomic E-state index is 15.2. The fraction of sp³-hybridized carbons (Fsp3) is 0.250. The Balaban J connectivity index is 1.43. The largest absolute Gasteiger partial charge is 0.454 e. The summed E-state index contributed by atoms with van der Waals surface area (Å²) in [6.45, 7) is 11.6. The summed E-state index contributed by atoms with van der Waals surface area (Å²) in [6.07, 6.45) is -0.483. The van der Waals surface area contributed by atoms with Crippen molar-refractivity contribution in [2.45, 2.75) is 77.4 Å². The molecule has 7 heteroatoms. The van der Waals surface area contributed by atoms with Gasteiger partial charge in [0.15, 0.2) is 23.1 Å². The second kappa shape index (κ2) is 16.5. The van der Waals surface area contributed by atoms with Gasteiger partial charge in [0.2, 0.25) is 0 Å². The molecular formula is C48H46F4O3. The molecule has 0 fully saturated rings. The van der Waals surface area contributed by atoms with E-state index >= 15 is 8.78 Å². The summed E-state index contributed by atoms with van der Waals surface area (Å²) in [6, 6.07) is 37.7. The summed E-state index contributed by atoms with van der Waals surface area (Å²) in [5.41, 5.74) is 2.80. The van der Waals surface area contributed by atoms with E-state index in [4.69, 9.17) is 14.2 Å². The Morgan fingerprint density at radius 3 is 1.18 bits per heavy atom. The Hall–Kier alpha value is -5.40. The smallest absolute Gasteiger partial charge is 0.165 e. The Morgan fingerprint density at radius 2 is 0.818 bits per heavy atom. The predicted molar refractivity (Wildman–Crippen MR) is 210 cm³/mol. The lowest BCUT2D eigenvalue weighted by Gasteiger charge is -2.43. The van der Waals surface area contributed by atoms with Crippen LogP contribution < -0.4 is 9.47 Å². The zero-order valence-corrected chi connectivity index (χ0v) is 32.0. The van der Waals surface area contributed by atoms with E-state index in [-0.39, 0.29) is 23.1 Å². The van der Waals surface area contributed by atoms with Gasteiger partial charge in [0.05, 0.1) is 12.2 Å². The Kier molecular flexibility index (Phi) is 11.8. The van der Waals surface area contributed by atoms with Gasteiger partial charge in [-0.15, -0.1) is 0 Å². The van der Waals surface area contributed by atoms with Crippen molar-refractivity contribution in [2.24, 2.45) is 0 Å². The molecule has 3 nitrogen and oxygen atoms in total. The first kappa shape index (κ1) is 39.3. The number of aryl methyl sites for hydroxylation is 2. The summed E-state index contributed by atoms with van der Waals surface area (Å²) in [5.74, 6) is -0.479. The molecule has 0 aliphatic carbocycles. The van der Waals surface area contributed by atoms with E-state index in [1.54, 1.807) is 74.5 Å². The lowest BCUT2D eigenvalue weighted by atomic mass is 9.74. The predicted octanol–water partition coefficient (Wildman–Crippen LogP) is 12.9. The summed E-state index contributed by atoms with van der Waals surface area (Å²) in [7, 11) is 0. The topological polar surface area (TPSA) is 27.7 Å². The molecule has 6 aromatic carbocycles. The molecule has 0 heterocycles. The van der Waals surface area contributed by atoms with Gasteiger partial charge in [-0.2, -0.15) is 0 Å². The van der Waals surface area contributed by atoms with Gasteiger partial charge in [-0.25, -0.2) is 17.6 Å². The molecule has 2 atom stereocenters. The molecule has 0 amide bonds. The summed E-state index contributed by atoms with van der Waals surface area (Å²) < 4.78 is 78.8. The van der Waals surface area contributed by atoms with Crippen molar-refractivity contribution in [2.75, 3.05) is 0 Å². The highest BCUT2D eigenvalue weighted by atomic mass is 19.1. The molecule has 6 rings (SSSR count). The van der Waals surface area contributed by atoms with Crippen molar-refractivity contribution >= 4 is 0 Å². The molecule has 2 unspecified atom stereocenters. The number of halogens is 4. The van der Waals surface area contributed by atoms with Crippen molar-refractivity contribution in [1.29, 1.82) is 0 Å². The van der Waals surface area contributed by atoms with E-state index in [2.05, 4.69) is 0 Å². The van der Waals surface area contributed by atoms with Crippen LogP contribution in [0.4, 0.5) is 17.6 Å². The molecule has 0 aliphatic rings. The molecule has 284 valence electrons. The summed E-state index contributed by atoms with van der Waals surface area (Å²) in [4.78, 5) is 0. The van der Waals surface area contributed by atoms with Gasteiger partial charge in [0.25, 0.3) is 0 Å². The van der Waals surface area contributed by atoms with Gasteiger partial charge >= 0.3 is 0 Å². The third-order valence-corrected chi connectivity index (χ3v) is 10.5. The molecule has 0 aromatic heterocycles. The number of para-hydroxylation sites is 2. The summed E-state index contributed by atoms with van der Waals surface area (Å²) in [5, 5.41) is 0. The highest BCUT2D eigenvalue weighted by Crippen LogP contribution is 2.40. The number of rotatable bonds is 14. The van der Waals surface area contributed by atoms with E-state index in [1.165, 1.54) is 24.3 Å². The Morgan fingerprint density at radius 1 is 0.455 bits per heavy atom. The molecule has 0 bridgehead atoms. The van der Waals surface area contributed by atoms with Crippen molar-refractivity contribution in [1.82, 2.24) is 0 Å². The second-order valence-electron chi connectivity index (χ2n) is 15.3. The highest BCUT2D eigenvalue weighted by molar-refractivity contribution is 5.39. The first-order chi connectivity index (χ1) is 26.2. The van der Waals surface area contributed by atoms with Crippen LogP contribution in [-0.2, 0) is 28.4 Å². The van der Waals surface area contributed by atoms with Crippen molar-refractivity contribution in [3.63, 3.8) is 0 Å². The van der Waals surface area contributed by atoms with Crippen LogP contribution in [0, 0.1) is 37.1 Å². The van der Waals surface area contributed by atoms with Crippen LogP contribution in [0.1, 0.15) is 61.1 Å². The number of ether oxygens (including phenoxy) is 3. The minimum atomic E-state index is -0.718. The van der Waals surface area contributed by atoms with Crippen LogP contribution in [0.25, 0.3) is 0 Å². The van der Waals surface area contributed by atoms with Crippen molar-refractivity contribution in [3.05, 3.63) is 190 Å². The molecule has 0 saturated carbocycles. The van der Waals surface area contributed by atoms with E-state index in [9.17, 15) is 8.78 Å². The maximum atomic E-state index is 15.2. The average molecular weight is 747 g/mol. The zero-order valence-electron chi connectivity index (χ0n) is 32.0. The fourth-order valence-corrected chi connectivity index (χ4v) is 6.77. The molecular weight excluding hydrogens is 701 g/mol. The Labute approximate surface area is 321 Å². The monoisotopic (exact) mass is 746 g/mol. The minimum Gasteiger partial charge on any atom is -0.454 e.